The molecule has 0 bridgehead atoms. The molecular weight excluding hydrogens is 320 g/mol. The molecule has 0 N–H and O–H groups in total. The van der Waals surface area contributed by atoms with Gasteiger partial charge in [-0.2, -0.15) is 0 Å². The molecule has 1 heterocycles. The first-order valence-corrected chi connectivity index (χ1v) is 11.1. The van der Waals surface area contributed by atoms with Gasteiger partial charge in [0.15, 0.2) is 0 Å². The molecule has 0 aromatic rings. The minimum atomic E-state index is 0.0872. The van der Waals surface area contributed by atoms with E-state index in [0.29, 0.717) is 16.6 Å². The van der Waals surface area contributed by atoms with Gasteiger partial charge in [-0.05, 0) is 80.0 Å². The predicted octanol–water partition coefficient (Wildman–Crippen LogP) is 6.05. The standard InChI is InChI=1S/C24H36O2/c1-16-5-13-24(26-16)14-9-20-18-7-10-21(2)15-17(25)6-11-22(21,3)19(18)8-12-23(20,24)4/h18-20H,1,5-15H2,2-4H3/t18?,19?,20?,21-,22-,23+,24+/m1/s1. The Balaban J connectivity index is 1.48. The number of rotatable bonds is 0. The minimum Gasteiger partial charge on any atom is -0.492 e. The largest absolute Gasteiger partial charge is 0.492 e. The summed E-state index contributed by atoms with van der Waals surface area (Å²) in [6.45, 7) is 11.7. The Morgan fingerprint density at radius 2 is 1.62 bits per heavy atom. The molecule has 5 rings (SSSR count). The fourth-order valence-corrected chi connectivity index (χ4v) is 8.79. The van der Waals surface area contributed by atoms with Crippen LogP contribution in [0.25, 0.3) is 0 Å². The number of carbonyl (C=O) groups is 1. The van der Waals surface area contributed by atoms with E-state index in [9.17, 15) is 4.79 Å². The Bertz CT molecular complexity index is 667. The zero-order valence-corrected chi connectivity index (χ0v) is 17.0. The Morgan fingerprint density at radius 1 is 0.885 bits per heavy atom. The SMILES string of the molecule is C=C1CC[C@@]2(CCC3C4CC[C@]5(C)CC(=O)CC[C@]5(C)C4CC[C@@]32C)O1. The summed E-state index contributed by atoms with van der Waals surface area (Å²) in [5.41, 5.74) is 1.03. The number of hydrogen-bond acceptors (Lipinski definition) is 2. The molecule has 0 radical (unpaired) electrons. The Labute approximate surface area is 159 Å². The summed E-state index contributed by atoms with van der Waals surface area (Å²) in [7, 11) is 0. The van der Waals surface area contributed by atoms with Crippen molar-refractivity contribution in [3.8, 4) is 0 Å². The number of hydrogen-bond donors (Lipinski definition) is 0. The van der Waals surface area contributed by atoms with Gasteiger partial charge in [-0.3, -0.25) is 4.79 Å². The molecule has 144 valence electrons. The van der Waals surface area contributed by atoms with Gasteiger partial charge in [0.25, 0.3) is 0 Å². The molecule has 0 aromatic heterocycles. The minimum absolute atomic E-state index is 0.0872. The highest BCUT2D eigenvalue weighted by Crippen LogP contribution is 2.72. The highest BCUT2D eigenvalue weighted by Gasteiger charge is 2.68. The van der Waals surface area contributed by atoms with Crippen LogP contribution < -0.4 is 0 Å². The zero-order valence-electron chi connectivity index (χ0n) is 17.0. The Hall–Kier alpha value is -0.790. The third-order valence-corrected chi connectivity index (χ3v) is 10.6. The zero-order chi connectivity index (χ0) is 18.4. The Kier molecular flexibility index (Phi) is 3.45. The molecule has 3 unspecified atom stereocenters. The molecule has 1 aliphatic heterocycles. The second-order valence-electron chi connectivity index (χ2n) is 11.2. The number of Topliss-reactive ketones (excluding diaryl/α,β-unsaturated/α-hetero) is 1. The fourth-order valence-electron chi connectivity index (χ4n) is 8.79. The lowest BCUT2D eigenvalue weighted by Gasteiger charge is -2.64. The number of ether oxygens (including phenoxy) is 1. The van der Waals surface area contributed by atoms with Crippen LogP contribution in [0.15, 0.2) is 12.3 Å². The van der Waals surface area contributed by atoms with E-state index >= 15 is 0 Å². The maximum atomic E-state index is 12.2. The van der Waals surface area contributed by atoms with Crippen molar-refractivity contribution in [1.29, 1.82) is 0 Å². The van der Waals surface area contributed by atoms with Crippen LogP contribution in [0, 0.1) is 34.0 Å². The molecule has 0 aromatic carbocycles. The summed E-state index contributed by atoms with van der Waals surface area (Å²) >= 11 is 0. The van der Waals surface area contributed by atoms with Gasteiger partial charge in [0.2, 0.25) is 0 Å². The lowest BCUT2D eigenvalue weighted by molar-refractivity contribution is -0.176. The molecule has 4 aliphatic carbocycles. The molecular formula is C24H36O2. The summed E-state index contributed by atoms with van der Waals surface area (Å²) in [6, 6.07) is 0. The van der Waals surface area contributed by atoms with E-state index in [1.54, 1.807) is 0 Å². The molecule has 5 aliphatic rings. The van der Waals surface area contributed by atoms with Crippen molar-refractivity contribution >= 4 is 5.78 Å². The van der Waals surface area contributed by atoms with Crippen molar-refractivity contribution in [3.05, 3.63) is 12.3 Å². The van der Waals surface area contributed by atoms with Gasteiger partial charge in [0.05, 0.1) is 5.76 Å². The molecule has 5 fully saturated rings. The van der Waals surface area contributed by atoms with Gasteiger partial charge >= 0.3 is 0 Å². The Morgan fingerprint density at radius 3 is 2.35 bits per heavy atom. The molecule has 1 saturated heterocycles. The maximum Gasteiger partial charge on any atom is 0.133 e. The summed E-state index contributed by atoms with van der Waals surface area (Å²) in [4.78, 5) is 12.2. The van der Waals surface area contributed by atoms with Crippen LogP contribution in [0.3, 0.4) is 0 Å². The smallest absolute Gasteiger partial charge is 0.133 e. The van der Waals surface area contributed by atoms with Crippen molar-refractivity contribution in [3.63, 3.8) is 0 Å². The van der Waals surface area contributed by atoms with E-state index in [1.165, 1.54) is 44.9 Å². The summed E-state index contributed by atoms with van der Waals surface area (Å²) < 4.78 is 6.49. The molecule has 4 saturated carbocycles. The van der Waals surface area contributed by atoms with E-state index < -0.39 is 0 Å². The van der Waals surface area contributed by atoms with Crippen LogP contribution in [-0.4, -0.2) is 11.4 Å². The monoisotopic (exact) mass is 356 g/mol. The van der Waals surface area contributed by atoms with E-state index in [0.717, 1.165) is 49.2 Å². The first-order chi connectivity index (χ1) is 12.2. The normalized spacial score (nSPS) is 56.0. The van der Waals surface area contributed by atoms with Crippen LogP contribution in [0.2, 0.25) is 0 Å². The third kappa shape index (κ3) is 1.92. The van der Waals surface area contributed by atoms with Crippen LogP contribution >= 0.6 is 0 Å². The summed E-state index contributed by atoms with van der Waals surface area (Å²) in [5.74, 6) is 4.01. The van der Waals surface area contributed by atoms with E-state index in [-0.39, 0.29) is 11.0 Å². The number of carbonyl (C=O) groups excluding carboxylic acids is 1. The summed E-state index contributed by atoms with van der Waals surface area (Å²) in [5, 5.41) is 0. The average Bonchev–Trinajstić information content (AvgIpc) is 3.10. The van der Waals surface area contributed by atoms with Gasteiger partial charge in [0, 0.05) is 24.7 Å². The topological polar surface area (TPSA) is 26.3 Å². The van der Waals surface area contributed by atoms with Gasteiger partial charge in [0.1, 0.15) is 11.4 Å². The van der Waals surface area contributed by atoms with Crippen LogP contribution in [0.4, 0.5) is 0 Å². The number of fused-ring (bicyclic) bond motifs is 6. The van der Waals surface area contributed by atoms with E-state index in [2.05, 4.69) is 27.4 Å². The number of allylic oxidation sites excluding steroid dienone is 1. The highest BCUT2D eigenvalue weighted by molar-refractivity contribution is 5.80. The van der Waals surface area contributed by atoms with Gasteiger partial charge in [-0.25, -0.2) is 0 Å². The van der Waals surface area contributed by atoms with Crippen LogP contribution in [0.1, 0.15) is 91.4 Å². The highest BCUT2D eigenvalue weighted by atomic mass is 16.5. The lowest BCUT2D eigenvalue weighted by Crippen LogP contribution is -2.59. The molecule has 2 heteroatoms. The first kappa shape index (κ1) is 17.3. The van der Waals surface area contributed by atoms with Crippen LogP contribution in [-0.2, 0) is 9.53 Å². The molecule has 2 nitrogen and oxygen atoms in total. The lowest BCUT2D eigenvalue weighted by atomic mass is 9.40. The quantitative estimate of drug-likeness (QED) is 0.528. The van der Waals surface area contributed by atoms with Gasteiger partial charge < -0.3 is 4.74 Å². The fraction of sp³-hybridized carbons (Fsp3) is 0.875. The van der Waals surface area contributed by atoms with Gasteiger partial charge in [-0.15, -0.1) is 0 Å². The van der Waals surface area contributed by atoms with Crippen molar-refractivity contribution in [1.82, 2.24) is 0 Å². The molecule has 0 amide bonds. The van der Waals surface area contributed by atoms with Crippen molar-refractivity contribution in [2.75, 3.05) is 0 Å². The molecule has 26 heavy (non-hydrogen) atoms. The van der Waals surface area contributed by atoms with Gasteiger partial charge in [-0.1, -0.05) is 27.4 Å². The molecule has 1 spiro atoms. The molecule has 7 atom stereocenters. The predicted molar refractivity (Wildman–Crippen MR) is 104 cm³/mol. The average molecular weight is 357 g/mol. The third-order valence-electron chi connectivity index (χ3n) is 10.6. The van der Waals surface area contributed by atoms with Crippen LogP contribution in [0.5, 0.6) is 0 Å². The van der Waals surface area contributed by atoms with Crippen molar-refractivity contribution in [2.45, 2.75) is 97.0 Å². The van der Waals surface area contributed by atoms with E-state index in [1.807, 2.05) is 0 Å². The van der Waals surface area contributed by atoms with E-state index in [4.69, 9.17) is 4.74 Å². The van der Waals surface area contributed by atoms with Crippen molar-refractivity contribution in [2.24, 2.45) is 34.0 Å². The maximum absolute atomic E-state index is 12.2. The first-order valence-electron chi connectivity index (χ1n) is 11.1. The second-order valence-corrected chi connectivity index (χ2v) is 11.2. The number of ketones is 1. The second kappa shape index (κ2) is 5.17. The van der Waals surface area contributed by atoms with Crippen molar-refractivity contribution < 1.29 is 9.53 Å². The summed E-state index contributed by atoms with van der Waals surface area (Å²) in [6.07, 6.45) is 12.9.